The van der Waals surface area contributed by atoms with E-state index in [2.05, 4.69) is 10.2 Å². The number of piperidine rings is 1. The van der Waals surface area contributed by atoms with E-state index >= 15 is 0 Å². The number of carbonyl (C=O) groups is 2. The van der Waals surface area contributed by atoms with Crippen molar-refractivity contribution in [3.05, 3.63) is 29.8 Å². The fourth-order valence-corrected chi connectivity index (χ4v) is 4.89. The Morgan fingerprint density at radius 2 is 1.91 bits per heavy atom. The van der Waals surface area contributed by atoms with Crippen LogP contribution in [-0.4, -0.2) is 92.7 Å². The third kappa shape index (κ3) is 7.12. The monoisotopic (exact) mass is 463 g/mol. The molecule has 2 amide bonds. The Hall–Kier alpha value is -1.77. The first-order chi connectivity index (χ1) is 15.6. The Bertz CT molecular complexity index is 734. The fraction of sp³-hybridized carbons (Fsp3) is 0.667. The highest BCUT2D eigenvalue weighted by Crippen LogP contribution is 2.23. The number of morpholine rings is 1. The molecule has 0 aromatic heterocycles. The van der Waals surface area contributed by atoms with Crippen LogP contribution in [0.1, 0.15) is 36.0 Å². The summed E-state index contributed by atoms with van der Waals surface area (Å²) in [6.45, 7) is 6.39. The van der Waals surface area contributed by atoms with E-state index in [0.717, 1.165) is 64.5 Å². The third-order valence-corrected chi connectivity index (χ3v) is 7.09. The number of thioether (sulfide) groups is 1. The van der Waals surface area contributed by atoms with Gasteiger partial charge in [-0.2, -0.15) is 11.8 Å². The number of nitrogens with one attached hydrogen (secondary N) is 1. The lowest BCUT2D eigenvalue weighted by Crippen LogP contribution is -2.51. The summed E-state index contributed by atoms with van der Waals surface area (Å²) >= 11 is 1.68. The van der Waals surface area contributed by atoms with Crippen LogP contribution in [0.4, 0.5) is 0 Å². The SMILES string of the molecule is COc1ccccc1C(=O)NC(CCSC)C(=O)N1CCC(CCN2CCOCC2)CC1. The summed E-state index contributed by atoms with van der Waals surface area (Å²) in [5.41, 5.74) is 0.457. The molecule has 2 heterocycles. The fourth-order valence-electron chi connectivity index (χ4n) is 4.41. The lowest BCUT2D eigenvalue weighted by molar-refractivity contribution is -0.134. The van der Waals surface area contributed by atoms with Gasteiger partial charge in [-0.05, 0) is 62.3 Å². The van der Waals surface area contributed by atoms with E-state index in [1.165, 1.54) is 6.42 Å². The molecule has 1 aromatic rings. The molecule has 2 fully saturated rings. The van der Waals surface area contributed by atoms with E-state index in [9.17, 15) is 9.59 Å². The van der Waals surface area contributed by atoms with Crippen LogP contribution in [0.2, 0.25) is 0 Å². The zero-order valence-electron chi connectivity index (χ0n) is 19.4. The summed E-state index contributed by atoms with van der Waals surface area (Å²) in [6, 6.07) is 6.61. The Morgan fingerprint density at radius 1 is 1.19 bits per heavy atom. The van der Waals surface area contributed by atoms with Crippen LogP contribution in [0.25, 0.3) is 0 Å². The molecule has 3 rings (SSSR count). The number of rotatable bonds is 10. The van der Waals surface area contributed by atoms with Gasteiger partial charge in [-0.3, -0.25) is 14.5 Å². The normalized spacial score (nSPS) is 18.9. The first-order valence-corrected chi connectivity index (χ1v) is 13.0. The number of hydrogen-bond donors (Lipinski definition) is 1. The first kappa shape index (κ1) is 24.9. The molecule has 178 valence electrons. The highest BCUT2D eigenvalue weighted by molar-refractivity contribution is 7.98. The number of hydrogen-bond acceptors (Lipinski definition) is 6. The lowest BCUT2D eigenvalue weighted by atomic mass is 9.92. The largest absolute Gasteiger partial charge is 0.496 e. The van der Waals surface area contributed by atoms with Gasteiger partial charge in [-0.1, -0.05) is 12.1 Å². The molecule has 0 aliphatic carbocycles. The predicted molar refractivity (Wildman–Crippen MR) is 128 cm³/mol. The number of nitrogens with zero attached hydrogens (tertiary/aromatic N) is 2. The molecule has 1 aromatic carbocycles. The molecule has 0 bridgehead atoms. The van der Waals surface area contributed by atoms with E-state index in [1.807, 2.05) is 17.2 Å². The number of ether oxygens (including phenoxy) is 2. The molecule has 2 aliphatic heterocycles. The number of methoxy groups -OCH3 is 1. The minimum Gasteiger partial charge on any atom is -0.496 e. The summed E-state index contributed by atoms with van der Waals surface area (Å²) < 4.78 is 10.7. The van der Waals surface area contributed by atoms with Gasteiger partial charge in [0.15, 0.2) is 0 Å². The minimum absolute atomic E-state index is 0.0360. The molecule has 2 saturated heterocycles. The smallest absolute Gasteiger partial charge is 0.255 e. The van der Waals surface area contributed by atoms with Crippen LogP contribution < -0.4 is 10.1 Å². The van der Waals surface area contributed by atoms with E-state index in [4.69, 9.17) is 9.47 Å². The second-order valence-electron chi connectivity index (χ2n) is 8.52. The summed E-state index contributed by atoms with van der Waals surface area (Å²) in [5.74, 6) is 1.77. The quantitative estimate of drug-likeness (QED) is 0.575. The van der Waals surface area contributed by atoms with Gasteiger partial charge in [0.2, 0.25) is 5.91 Å². The Labute approximate surface area is 196 Å². The van der Waals surface area contributed by atoms with Crippen LogP contribution in [0.15, 0.2) is 24.3 Å². The van der Waals surface area contributed by atoms with Crippen LogP contribution in [0.5, 0.6) is 5.75 Å². The second kappa shape index (κ2) is 13.1. The van der Waals surface area contributed by atoms with E-state index < -0.39 is 6.04 Å². The number of likely N-dealkylation sites (tertiary alicyclic amines) is 1. The van der Waals surface area contributed by atoms with Crippen LogP contribution in [0, 0.1) is 5.92 Å². The van der Waals surface area contributed by atoms with Crippen LogP contribution >= 0.6 is 11.8 Å². The molecular weight excluding hydrogens is 426 g/mol. The van der Waals surface area contributed by atoms with E-state index in [-0.39, 0.29) is 11.8 Å². The maximum atomic E-state index is 13.3. The molecule has 2 aliphatic rings. The van der Waals surface area contributed by atoms with Gasteiger partial charge in [0, 0.05) is 26.2 Å². The Balaban J connectivity index is 1.52. The molecule has 0 spiro atoms. The summed E-state index contributed by atoms with van der Waals surface area (Å²) in [4.78, 5) is 30.6. The molecule has 8 heteroatoms. The zero-order chi connectivity index (χ0) is 22.8. The maximum Gasteiger partial charge on any atom is 0.255 e. The first-order valence-electron chi connectivity index (χ1n) is 11.6. The topological polar surface area (TPSA) is 71.1 Å². The standard InChI is InChI=1S/C24H37N3O4S/c1-30-22-6-4-3-5-20(22)23(28)25-21(10-18-32-2)24(29)27-12-8-19(9-13-27)7-11-26-14-16-31-17-15-26/h3-6,19,21H,7-18H2,1-2H3,(H,25,28). The number of amides is 2. The Morgan fingerprint density at radius 3 is 2.59 bits per heavy atom. The highest BCUT2D eigenvalue weighted by atomic mass is 32.2. The molecule has 32 heavy (non-hydrogen) atoms. The van der Waals surface area contributed by atoms with Crippen LogP contribution in [-0.2, 0) is 9.53 Å². The maximum absolute atomic E-state index is 13.3. The number of para-hydroxylation sites is 1. The zero-order valence-corrected chi connectivity index (χ0v) is 20.2. The van der Waals surface area contributed by atoms with Crippen molar-refractivity contribution in [2.24, 2.45) is 5.92 Å². The van der Waals surface area contributed by atoms with Crippen molar-refractivity contribution in [3.8, 4) is 5.75 Å². The molecule has 0 saturated carbocycles. The second-order valence-corrected chi connectivity index (χ2v) is 9.50. The van der Waals surface area contributed by atoms with Gasteiger partial charge in [0.1, 0.15) is 11.8 Å². The molecule has 1 unspecified atom stereocenters. The van der Waals surface area contributed by atoms with Crippen molar-refractivity contribution in [2.45, 2.75) is 31.7 Å². The van der Waals surface area contributed by atoms with Crippen molar-refractivity contribution in [3.63, 3.8) is 0 Å². The van der Waals surface area contributed by atoms with Crippen molar-refractivity contribution >= 4 is 23.6 Å². The molecule has 0 radical (unpaired) electrons. The van der Waals surface area contributed by atoms with Crippen molar-refractivity contribution in [2.75, 3.05) is 65.1 Å². The van der Waals surface area contributed by atoms with Gasteiger partial charge in [-0.25, -0.2) is 0 Å². The summed E-state index contributed by atoms with van der Waals surface area (Å²) in [6.07, 6.45) is 5.89. The minimum atomic E-state index is -0.509. The van der Waals surface area contributed by atoms with Crippen molar-refractivity contribution < 1.29 is 19.1 Å². The molecule has 1 atom stereocenters. The summed E-state index contributed by atoms with van der Waals surface area (Å²) in [7, 11) is 1.55. The molecule has 1 N–H and O–H groups in total. The van der Waals surface area contributed by atoms with E-state index in [1.54, 1.807) is 37.1 Å². The molecular formula is C24H37N3O4S. The average molecular weight is 464 g/mol. The average Bonchev–Trinajstić information content (AvgIpc) is 2.85. The third-order valence-electron chi connectivity index (χ3n) is 6.45. The lowest BCUT2D eigenvalue weighted by Gasteiger charge is -2.35. The van der Waals surface area contributed by atoms with Crippen molar-refractivity contribution in [1.82, 2.24) is 15.1 Å². The summed E-state index contributed by atoms with van der Waals surface area (Å²) in [5, 5.41) is 2.98. The van der Waals surface area contributed by atoms with Gasteiger partial charge < -0.3 is 19.7 Å². The Kier molecular flexibility index (Phi) is 10.1. The van der Waals surface area contributed by atoms with E-state index in [0.29, 0.717) is 23.7 Å². The predicted octanol–water partition coefficient (Wildman–Crippen LogP) is 2.51. The number of carbonyl (C=O) groups excluding carboxylic acids is 2. The van der Waals surface area contributed by atoms with Crippen molar-refractivity contribution in [1.29, 1.82) is 0 Å². The number of benzene rings is 1. The molecule has 7 nitrogen and oxygen atoms in total. The van der Waals surface area contributed by atoms with Gasteiger partial charge in [-0.15, -0.1) is 0 Å². The van der Waals surface area contributed by atoms with Gasteiger partial charge >= 0.3 is 0 Å². The van der Waals surface area contributed by atoms with Gasteiger partial charge in [0.05, 0.1) is 25.9 Å². The van der Waals surface area contributed by atoms with Gasteiger partial charge in [0.25, 0.3) is 5.91 Å². The van der Waals surface area contributed by atoms with Crippen LogP contribution in [0.3, 0.4) is 0 Å². The highest BCUT2D eigenvalue weighted by Gasteiger charge is 2.30.